The van der Waals surface area contributed by atoms with Crippen molar-refractivity contribution in [1.82, 2.24) is 10.7 Å². The highest BCUT2D eigenvalue weighted by molar-refractivity contribution is 6.35. The van der Waals surface area contributed by atoms with Crippen LogP contribution in [0.15, 0.2) is 60.2 Å². The van der Waals surface area contributed by atoms with E-state index in [2.05, 4.69) is 22.4 Å². The zero-order valence-electron chi connectivity index (χ0n) is 15.3. The Labute approximate surface area is 168 Å². The minimum Gasteiger partial charge on any atom is -0.493 e. The Morgan fingerprint density at radius 3 is 2.57 bits per heavy atom. The summed E-state index contributed by atoms with van der Waals surface area (Å²) in [5, 5.41) is 6.88. The van der Waals surface area contributed by atoms with Crippen molar-refractivity contribution in [3.05, 3.63) is 71.3 Å². The van der Waals surface area contributed by atoms with Crippen molar-refractivity contribution in [3.63, 3.8) is 0 Å². The molecule has 0 heterocycles. The van der Waals surface area contributed by atoms with E-state index in [1.54, 1.807) is 48.5 Å². The molecular formula is C20H20ClN3O4. The van der Waals surface area contributed by atoms with Gasteiger partial charge in [0, 0.05) is 11.6 Å². The normalized spacial score (nSPS) is 10.4. The smallest absolute Gasteiger partial charge is 0.329 e. The minimum absolute atomic E-state index is 0.205. The summed E-state index contributed by atoms with van der Waals surface area (Å²) in [6.45, 7) is 4.15. The Morgan fingerprint density at radius 1 is 1.14 bits per heavy atom. The van der Waals surface area contributed by atoms with E-state index in [1.165, 1.54) is 13.3 Å². The van der Waals surface area contributed by atoms with E-state index >= 15 is 0 Å². The van der Waals surface area contributed by atoms with Gasteiger partial charge in [-0.1, -0.05) is 36.4 Å². The molecule has 2 aromatic carbocycles. The summed E-state index contributed by atoms with van der Waals surface area (Å²) >= 11 is 5.80. The maximum atomic E-state index is 11.8. The molecule has 0 aromatic heterocycles. The quantitative estimate of drug-likeness (QED) is 0.308. The van der Waals surface area contributed by atoms with E-state index in [0.29, 0.717) is 28.7 Å². The summed E-state index contributed by atoms with van der Waals surface area (Å²) < 4.78 is 10.7. The molecule has 2 N–H and O–H groups in total. The molecule has 0 saturated carbocycles. The van der Waals surface area contributed by atoms with Gasteiger partial charge < -0.3 is 14.8 Å². The van der Waals surface area contributed by atoms with Gasteiger partial charge in [0.25, 0.3) is 0 Å². The van der Waals surface area contributed by atoms with Crippen molar-refractivity contribution >= 4 is 29.6 Å². The van der Waals surface area contributed by atoms with Crippen LogP contribution in [0.5, 0.6) is 11.5 Å². The topological polar surface area (TPSA) is 89.0 Å². The number of amides is 2. The standard InChI is InChI=1S/C20H20ClN3O4/c1-3-10-28-17-9-6-15(11-18(17)27-2)13-23-24-20(26)19(25)22-12-14-4-7-16(21)8-5-14/h3-9,11,13H,1,10,12H2,2H3,(H,22,25)(H,24,26). The van der Waals surface area contributed by atoms with Crippen LogP contribution in [0.4, 0.5) is 0 Å². The maximum Gasteiger partial charge on any atom is 0.329 e. The van der Waals surface area contributed by atoms with Crippen molar-refractivity contribution in [2.45, 2.75) is 6.54 Å². The lowest BCUT2D eigenvalue weighted by atomic mass is 10.2. The Balaban J connectivity index is 1.86. The highest BCUT2D eigenvalue weighted by atomic mass is 35.5. The lowest BCUT2D eigenvalue weighted by molar-refractivity contribution is -0.139. The number of carbonyl (C=O) groups excluding carboxylic acids is 2. The van der Waals surface area contributed by atoms with Gasteiger partial charge in [-0.25, -0.2) is 5.43 Å². The van der Waals surface area contributed by atoms with Crippen LogP contribution in [0.3, 0.4) is 0 Å². The number of nitrogens with one attached hydrogen (secondary N) is 2. The second-order valence-electron chi connectivity index (χ2n) is 5.52. The zero-order valence-corrected chi connectivity index (χ0v) is 16.0. The Kier molecular flexibility index (Phi) is 8.05. The van der Waals surface area contributed by atoms with Crippen LogP contribution in [-0.2, 0) is 16.1 Å². The van der Waals surface area contributed by atoms with Crippen LogP contribution in [0, 0.1) is 0 Å². The lowest BCUT2D eigenvalue weighted by Gasteiger charge is -2.09. The average Bonchev–Trinajstić information content (AvgIpc) is 2.71. The molecule has 0 unspecified atom stereocenters. The fourth-order valence-corrected chi connectivity index (χ4v) is 2.24. The molecule has 0 bridgehead atoms. The first-order valence-corrected chi connectivity index (χ1v) is 8.68. The molecule has 28 heavy (non-hydrogen) atoms. The second-order valence-corrected chi connectivity index (χ2v) is 5.95. The molecule has 0 atom stereocenters. The predicted octanol–water partition coefficient (Wildman–Crippen LogP) is 2.68. The zero-order chi connectivity index (χ0) is 20.4. The Morgan fingerprint density at radius 2 is 1.89 bits per heavy atom. The fraction of sp³-hybridized carbons (Fsp3) is 0.150. The van der Waals surface area contributed by atoms with Gasteiger partial charge in [0.15, 0.2) is 11.5 Å². The Hall–Kier alpha value is -3.32. The highest BCUT2D eigenvalue weighted by Crippen LogP contribution is 2.27. The van der Waals surface area contributed by atoms with Crippen molar-refractivity contribution in [1.29, 1.82) is 0 Å². The number of hydrazone groups is 1. The van der Waals surface area contributed by atoms with Gasteiger partial charge in [0.05, 0.1) is 13.3 Å². The number of benzene rings is 2. The largest absolute Gasteiger partial charge is 0.493 e. The van der Waals surface area contributed by atoms with Crippen LogP contribution >= 0.6 is 11.6 Å². The van der Waals surface area contributed by atoms with Gasteiger partial charge >= 0.3 is 11.8 Å². The van der Waals surface area contributed by atoms with Crippen molar-refractivity contribution in [2.75, 3.05) is 13.7 Å². The molecule has 146 valence electrons. The van der Waals surface area contributed by atoms with Gasteiger partial charge in [0.1, 0.15) is 6.61 Å². The minimum atomic E-state index is -0.872. The van der Waals surface area contributed by atoms with Gasteiger partial charge in [0.2, 0.25) is 0 Å². The number of halogens is 1. The van der Waals surface area contributed by atoms with Crippen LogP contribution in [-0.4, -0.2) is 31.7 Å². The molecule has 0 aliphatic heterocycles. The summed E-state index contributed by atoms with van der Waals surface area (Å²) in [5.74, 6) is -0.594. The molecule has 0 fully saturated rings. The number of hydrogen-bond acceptors (Lipinski definition) is 5. The van der Waals surface area contributed by atoms with Crippen molar-refractivity contribution in [3.8, 4) is 11.5 Å². The SMILES string of the molecule is C=CCOc1ccc(C=NNC(=O)C(=O)NCc2ccc(Cl)cc2)cc1OC. The predicted molar refractivity (Wildman–Crippen MR) is 108 cm³/mol. The third-order valence-corrected chi connectivity index (χ3v) is 3.75. The molecule has 2 rings (SSSR count). The van der Waals surface area contributed by atoms with Gasteiger partial charge in [-0.3, -0.25) is 9.59 Å². The van der Waals surface area contributed by atoms with Gasteiger partial charge in [-0.2, -0.15) is 5.10 Å². The number of methoxy groups -OCH3 is 1. The molecule has 0 spiro atoms. The molecule has 2 amide bonds. The monoisotopic (exact) mass is 401 g/mol. The molecular weight excluding hydrogens is 382 g/mol. The van der Waals surface area contributed by atoms with E-state index in [4.69, 9.17) is 21.1 Å². The number of ether oxygens (including phenoxy) is 2. The average molecular weight is 402 g/mol. The summed E-state index contributed by atoms with van der Waals surface area (Å²) in [7, 11) is 1.52. The molecule has 2 aromatic rings. The van der Waals surface area contributed by atoms with Crippen LogP contribution in [0.25, 0.3) is 0 Å². The molecule has 0 aliphatic rings. The van der Waals surface area contributed by atoms with Crippen LogP contribution in [0.2, 0.25) is 5.02 Å². The lowest BCUT2D eigenvalue weighted by Crippen LogP contribution is -2.37. The number of carbonyl (C=O) groups is 2. The highest BCUT2D eigenvalue weighted by Gasteiger charge is 2.12. The first-order valence-electron chi connectivity index (χ1n) is 8.31. The van der Waals surface area contributed by atoms with Crippen LogP contribution < -0.4 is 20.2 Å². The molecule has 0 saturated heterocycles. The molecule has 0 aliphatic carbocycles. The summed E-state index contributed by atoms with van der Waals surface area (Å²) in [6, 6.07) is 12.1. The van der Waals surface area contributed by atoms with E-state index < -0.39 is 11.8 Å². The van der Waals surface area contributed by atoms with E-state index in [1.807, 2.05) is 0 Å². The number of nitrogens with zero attached hydrogens (tertiary/aromatic N) is 1. The van der Waals surface area contributed by atoms with E-state index in [9.17, 15) is 9.59 Å². The number of hydrogen-bond donors (Lipinski definition) is 2. The summed E-state index contributed by atoms with van der Waals surface area (Å²) in [5.41, 5.74) is 3.65. The molecule has 0 radical (unpaired) electrons. The summed E-state index contributed by atoms with van der Waals surface area (Å²) in [6.07, 6.45) is 3.02. The third kappa shape index (κ3) is 6.44. The van der Waals surface area contributed by atoms with Gasteiger partial charge in [-0.15, -0.1) is 0 Å². The summed E-state index contributed by atoms with van der Waals surface area (Å²) in [4.78, 5) is 23.6. The first-order chi connectivity index (χ1) is 13.5. The molecule has 7 nitrogen and oxygen atoms in total. The van der Waals surface area contributed by atoms with E-state index in [0.717, 1.165) is 5.56 Å². The van der Waals surface area contributed by atoms with Crippen LogP contribution in [0.1, 0.15) is 11.1 Å². The van der Waals surface area contributed by atoms with Gasteiger partial charge in [-0.05, 0) is 41.5 Å². The third-order valence-electron chi connectivity index (χ3n) is 3.50. The first kappa shape index (κ1) is 21.0. The number of rotatable bonds is 8. The Bertz CT molecular complexity index is 866. The van der Waals surface area contributed by atoms with Crippen molar-refractivity contribution < 1.29 is 19.1 Å². The fourth-order valence-electron chi connectivity index (χ4n) is 2.11. The van der Waals surface area contributed by atoms with Crippen molar-refractivity contribution in [2.24, 2.45) is 5.10 Å². The maximum absolute atomic E-state index is 11.8. The van der Waals surface area contributed by atoms with E-state index in [-0.39, 0.29) is 6.54 Å². The second kappa shape index (κ2) is 10.7. The molecule has 8 heteroatoms.